The first-order valence-electron chi connectivity index (χ1n) is 5.07. The summed E-state index contributed by atoms with van der Waals surface area (Å²) in [5.41, 5.74) is 2.46. The number of carboxylic acid groups (broad SMARTS) is 1. The fraction of sp³-hybridized carbons (Fsp3) is 0.364. The van der Waals surface area contributed by atoms with Crippen LogP contribution in [0.25, 0.3) is 0 Å². The van der Waals surface area contributed by atoms with Gasteiger partial charge < -0.3 is 9.84 Å². The lowest BCUT2D eigenvalue weighted by Gasteiger charge is -2.09. The molecule has 0 amide bonds. The lowest BCUT2D eigenvalue weighted by atomic mass is 10.1. The van der Waals surface area contributed by atoms with Gasteiger partial charge in [-0.3, -0.25) is 9.63 Å². The second kappa shape index (κ2) is 4.96. The maximum atomic E-state index is 10.6. The van der Waals surface area contributed by atoms with Crippen LogP contribution in [0.2, 0.25) is 0 Å². The Kier molecular flexibility index (Phi) is 3.38. The summed E-state index contributed by atoms with van der Waals surface area (Å²) in [5, 5.41) is 8.73. The highest BCUT2D eigenvalue weighted by Gasteiger charge is 2.30. The molecule has 0 aliphatic carbocycles. The minimum atomic E-state index is -0.901. The second-order valence-corrected chi connectivity index (χ2v) is 3.61. The van der Waals surface area contributed by atoms with E-state index in [9.17, 15) is 4.79 Å². The molecule has 5 heteroatoms. The molecule has 2 N–H and O–H groups in total. The molecular formula is C11H13NO4. The highest BCUT2D eigenvalue weighted by atomic mass is 16.7. The van der Waals surface area contributed by atoms with E-state index in [-0.39, 0.29) is 6.10 Å². The van der Waals surface area contributed by atoms with Crippen LogP contribution in [0.4, 0.5) is 0 Å². The van der Waals surface area contributed by atoms with E-state index in [2.05, 4.69) is 5.48 Å². The van der Waals surface area contributed by atoms with E-state index in [0.717, 1.165) is 5.75 Å². The Morgan fingerprint density at radius 2 is 2.25 bits per heavy atom. The third kappa shape index (κ3) is 2.71. The highest BCUT2D eigenvalue weighted by molar-refractivity contribution is 5.73. The molecule has 1 aliphatic heterocycles. The van der Waals surface area contributed by atoms with Crippen LogP contribution in [-0.2, 0) is 9.63 Å². The van der Waals surface area contributed by atoms with Crippen molar-refractivity contribution in [3.8, 4) is 5.75 Å². The summed E-state index contributed by atoms with van der Waals surface area (Å²) < 4.78 is 5.46. The molecule has 2 rings (SSSR count). The van der Waals surface area contributed by atoms with Crippen LogP contribution >= 0.6 is 0 Å². The molecule has 1 aromatic carbocycles. The fourth-order valence-electron chi connectivity index (χ4n) is 1.50. The number of para-hydroxylation sites is 1. The zero-order valence-electron chi connectivity index (χ0n) is 8.63. The second-order valence-electron chi connectivity index (χ2n) is 3.61. The molecule has 0 radical (unpaired) electrons. The largest absolute Gasteiger partial charge is 0.491 e. The topological polar surface area (TPSA) is 67.8 Å². The number of hydrogen-bond donors (Lipinski definition) is 2. The molecule has 2 atom stereocenters. The van der Waals surface area contributed by atoms with Gasteiger partial charge in [-0.25, -0.2) is 0 Å². The molecule has 0 saturated carbocycles. The predicted octanol–water partition coefficient (Wildman–Crippen LogP) is 0.812. The predicted molar refractivity (Wildman–Crippen MR) is 56.0 cm³/mol. The summed E-state index contributed by atoms with van der Waals surface area (Å²) in [4.78, 5) is 15.7. The lowest BCUT2D eigenvalue weighted by Crippen LogP contribution is -2.29. The first-order chi connectivity index (χ1) is 7.75. The number of carboxylic acids is 1. The van der Waals surface area contributed by atoms with Gasteiger partial charge in [-0.15, -0.1) is 0 Å². The van der Waals surface area contributed by atoms with Crippen molar-refractivity contribution in [2.75, 3.05) is 6.61 Å². The van der Waals surface area contributed by atoms with Crippen LogP contribution in [0.1, 0.15) is 6.42 Å². The summed E-state index contributed by atoms with van der Waals surface area (Å²) >= 11 is 0. The Hall–Kier alpha value is -1.59. The van der Waals surface area contributed by atoms with Crippen LogP contribution in [0.15, 0.2) is 30.3 Å². The molecule has 1 heterocycles. The van der Waals surface area contributed by atoms with Gasteiger partial charge >= 0.3 is 5.97 Å². The van der Waals surface area contributed by atoms with Crippen LogP contribution in [0.3, 0.4) is 0 Å². The fourth-order valence-corrected chi connectivity index (χ4v) is 1.50. The molecule has 0 spiro atoms. The Bertz CT molecular complexity index is 354. The number of ether oxygens (including phenoxy) is 1. The summed E-state index contributed by atoms with van der Waals surface area (Å²) in [6.07, 6.45) is 0.198. The molecule has 16 heavy (non-hydrogen) atoms. The van der Waals surface area contributed by atoms with E-state index in [1.807, 2.05) is 30.3 Å². The first-order valence-corrected chi connectivity index (χ1v) is 5.07. The van der Waals surface area contributed by atoms with Gasteiger partial charge in [0.2, 0.25) is 0 Å². The van der Waals surface area contributed by atoms with Crippen molar-refractivity contribution >= 4 is 5.97 Å². The van der Waals surface area contributed by atoms with Gasteiger partial charge in [-0.2, -0.15) is 5.48 Å². The van der Waals surface area contributed by atoms with E-state index in [1.165, 1.54) is 0 Å². The molecule has 2 unspecified atom stereocenters. The summed E-state index contributed by atoms with van der Waals surface area (Å²) in [6, 6.07) is 8.71. The minimum Gasteiger partial charge on any atom is -0.491 e. The molecule has 5 nitrogen and oxygen atoms in total. The first kappa shape index (κ1) is 10.9. The minimum absolute atomic E-state index is 0.221. The number of carbonyl (C=O) groups is 1. The Labute approximate surface area is 92.9 Å². The lowest BCUT2D eigenvalue weighted by molar-refractivity contribution is -0.140. The van der Waals surface area contributed by atoms with Crippen molar-refractivity contribution < 1.29 is 19.5 Å². The molecule has 1 saturated heterocycles. The average molecular weight is 223 g/mol. The van der Waals surface area contributed by atoms with Crippen molar-refractivity contribution in [3.63, 3.8) is 0 Å². The molecular weight excluding hydrogens is 210 g/mol. The van der Waals surface area contributed by atoms with Crippen LogP contribution < -0.4 is 10.2 Å². The van der Waals surface area contributed by atoms with Crippen LogP contribution in [0.5, 0.6) is 5.75 Å². The monoisotopic (exact) mass is 223 g/mol. The third-order valence-corrected chi connectivity index (χ3v) is 2.35. The van der Waals surface area contributed by atoms with Gasteiger partial charge in [0.25, 0.3) is 0 Å². The van der Waals surface area contributed by atoms with Gasteiger partial charge in [-0.05, 0) is 12.1 Å². The molecule has 0 bridgehead atoms. The van der Waals surface area contributed by atoms with E-state index >= 15 is 0 Å². The number of nitrogens with one attached hydrogen (secondary N) is 1. The zero-order valence-corrected chi connectivity index (χ0v) is 8.63. The number of rotatable bonds is 4. The number of aliphatic carboxylic acids is 1. The molecule has 1 aromatic rings. The van der Waals surface area contributed by atoms with E-state index in [1.54, 1.807) is 0 Å². The number of hydroxylamine groups is 1. The SMILES string of the molecule is O=C(O)C1CC(COc2ccccc2)ON1. The van der Waals surface area contributed by atoms with Crippen molar-refractivity contribution in [1.29, 1.82) is 0 Å². The Morgan fingerprint density at radius 3 is 2.88 bits per heavy atom. The molecule has 1 fully saturated rings. The highest BCUT2D eigenvalue weighted by Crippen LogP contribution is 2.14. The van der Waals surface area contributed by atoms with Crippen LogP contribution in [0, 0.1) is 0 Å². The number of hydrogen-bond acceptors (Lipinski definition) is 4. The van der Waals surface area contributed by atoms with Crippen molar-refractivity contribution in [1.82, 2.24) is 5.48 Å². The van der Waals surface area contributed by atoms with Gasteiger partial charge in [0.15, 0.2) is 0 Å². The quantitative estimate of drug-likeness (QED) is 0.790. The van der Waals surface area contributed by atoms with E-state index in [0.29, 0.717) is 13.0 Å². The maximum absolute atomic E-state index is 10.6. The summed E-state index contributed by atoms with van der Waals surface area (Å²) in [6.45, 7) is 0.348. The molecule has 0 aromatic heterocycles. The number of benzene rings is 1. The standard InChI is InChI=1S/C11H13NO4/c13-11(14)10-6-9(16-12-10)7-15-8-4-2-1-3-5-8/h1-5,9-10,12H,6-7H2,(H,13,14). The summed E-state index contributed by atoms with van der Waals surface area (Å²) in [5.74, 6) is -0.146. The summed E-state index contributed by atoms with van der Waals surface area (Å²) in [7, 11) is 0. The van der Waals surface area contributed by atoms with E-state index < -0.39 is 12.0 Å². The van der Waals surface area contributed by atoms with Gasteiger partial charge in [0, 0.05) is 6.42 Å². The Balaban J connectivity index is 1.78. The third-order valence-electron chi connectivity index (χ3n) is 2.35. The average Bonchev–Trinajstić information content (AvgIpc) is 2.76. The Morgan fingerprint density at radius 1 is 1.50 bits per heavy atom. The van der Waals surface area contributed by atoms with Crippen molar-refractivity contribution in [2.24, 2.45) is 0 Å². The molecule has 1 aliphatic rings. The van der Waals surface area contributed by atoms with E-state index in [4.69, 9.17) is 14.7 Å². The van der Waals surface area contributed by atoms with Gasteiger partial charge in [0.05, 0.1) is 0 Å². The van der Waals surface area contributed by atoms with Crippen molar-refractivity contribution in [3.05, 3.63) is 30.3 Å². The smallest absolute Gasteiger partial charge is 0.323 e. The van der Waals surface area contributed by atoms with Crippen LogP contribution in [-0.4, -0.2) is 29.8 Å². The molecule has 86 valence electrons. The van der Waals surface area contributed by atoms with Gasteiger partial charge in [0.1, 0.15) is 24.5 Å². The van der Waals surface area contributed by atoms with Crippen molar-refractivity contribution in [2.45, 2.75) is 18.6 Å². The zero-order chi connectivity index (χ0) is 11.4. The maximum Gasteiger partial charge on any atom is 0.323 e. The van der Waals surface area contributed by atoms with Gasteiger partial charge in [-0.1, -0.05) is 18.2 Å². The normalized spacial score (nSPS) is 24.2.